The first-order chi connectivity index (χ1) is 4.31. The molecule has 0 spiro atoms. The Morgan fingerprint density at radius 1 is 1.56 bits per heavy atom. The molecule has 0 saturated carbocycles. The van der Waals surface area contributed by atoms with Gasteiger partial charge in [-0.2, -0.15) is 5.21 Å². The lowest BCUT2D eigenvalue weighted by atomic mass is 10.6. The van der Waals surface area contributed by atoms with Gasteiger partial charge in [-0.1, -0.05) is 25.5 Å². The summed E-state index contributed by atoms with van der Waals surface area (Å²) in [6.07, 6.45) is 1.25. The average Bonchev–Trinajstić information content (AvgIpc) is 2.20. The van der Waals surface area contributed by atoms with Gasteiger partial charge in [0, 0.05) is 1.43 Å². The van der Waals surface area contributed by atoms with E-state index in [9.17, 15) is 0 Å². The molecule has 0 unspecified atom stereocenters. The molecule has 1 rings (SSSR count). The second kappa shape index (κ2) is 5.21. The Morgan fingerprint density at radius 2 is 2.11 bits per heavy atom. The molecule has 4 nitrogen and oxygen atoms in total. The number of nitrogens with one attached hydrogen (secondary N) is 1. The molecule has 0 aliphatic carbocycles. The minimum absolute atomic E-state index is 0. The molecule has 1 N–H and O–H groups in total. The molecular formula is C5H14N4. The lowest BCUT2D eigenvalue weighted by molar-refractivity contribution is 0.881. The molecule has 0 amide bonds. The minimum Gasteiger partial charge on any atom is -0.177 e. The predicted molar refractivity (Wildman–Crippen MR) is 37.0 cm³/mol. The van der Waals surface area contributed by atoms with Crippen LogP contribution in [-0.2, 0) is 0 Å². The van der Waals surface area contributed by atoms with Crippen LogP contribution in [0.3, 0.4) is 0 Å². The lowest BCUT2D eigenvalue weighted by Gasteiger charge is -1.59. The fourth-order valence-electron chi connectivity index (χ4n) is 0.212. The fraction of sp³-hybridized carbons (Fsp3) is 0.800. The van der Waals surface area contributed by atoms with Crippen LogP contribution < -0.4 is 0 Å². The first-order valence-electron chi connectivity index (χ1n) is 3.01. The molecule has 1 aromatic rings. The van der Waals surface area contributed by atoms with Crippen molar-refractivity contribution < 1.29 is 1.43 Å². The second-order valence-electron chi connectivity index (χ2n) is 1.67. The van der Waals surface area contributed by atoms with Crippen molar-refractivity contribution in [3.05, 3.63) is 5.82 Å². The number of rotatable bonds is 0. The van der Waals surface area contributed by atoms with Gasteiger partial charge >= 0.3 is 0 Å². The van der Waals surface area contributed by atoms with Gasteiger partial charge in [0.25, 0.3) is 0 Å². The van der Waals surface area contributed by atoms with E-state index in [1.165, 1.54) is 6.42 Å². The summed E-state index contributed by atoms with van der Waals surface area (Å²) in [6, 6.07) is 0. The molecule has 0 aliphatic heterocycles. The van der Waals surface area contributed by atoms with Gasteiger partial charge in [0.15, 0.2) is 5.82 Å². The summed E-state index contributed by atoms with van der Waals surface area (Å²) in [5, 5.41) is 12.7. The number of aryl methyl sites for hydroxylation is 1. The highest BCUT2D eigenvalue weighted by Crippen LogP contribution is 1.69. The Kier molecular flexibility index (Phi) is 4.67. The molecule has 0 bridgehead atoms. The summed E-state index contributed by atoms with van der Waals surface area (Å²) in [7, 11) is 0. The summed E-state index contributed by atoms with van der Waals surface area (Å²) in [6.45, 7) is 6.02. The van der Waals surface area contributed by atoms with Gasteiger partial charge in [-0.3, -0.25) is 0 Å². The number of H-pyrrole nitrogens is 1. The van der Waals surface area contributed by atoms with Crippen LogP contribution in [0.1, 0.15) is 27.5 Å². The number of nitrogens with zero attached hydrogens (tertiary/aromatic N) is 3. The maximum absolute atomic E-state index is 3.57. The standard InChI is InChI=1S/C3H8.C2H4N4.H2/c1-3-2;1-2-3-5-6-4-2;/h3H2,1-2H3;1H3,(H,3,4,5,6);1H. The Bertz CT molecular complexity index is 128. The smallest absolute Gasteiger partial charge is 0.171 e. The topological polar surface area (TPSA) is 54.5 Å². The number of hydrogen-bond acceptors (Lipinski definition) is 3. The van der Waals surface area contributed by atoms with Gasteiger partial charge in [0.2, 0.25) is 0 Å². The van der Waals surface area contributed by atoms with E-state index in [0.717, 1.165) is 0 Å². The van der Waals surface area contributed by atoms with Crippen molar-refractivity contribution >= 4 is 0 Å². The van der Waals surface area contributed by atoms with Gasteiger partial charge in [0.1, 0.15) is 0 Å². The van der Waals surface area contributed by atoms with E-state index >= 15 is 0 Å². The largest absolute Gasteiger partial charge is 0.177 e. The van der Waals surface area contributed by atoms with Crippen LogP contribution in [0.25, 0.3) is 0 Å². The molecule has 0 fully saturated rings. The molecular weight excluding hydrogens is 116 g/mol. The van der Waals surface area contributed by atoms with Gasteiger partial charge < -0.3 is 0 Å². The van der Waals surface area contributed by atoms with Crippen molar-refractivity contribution in [1.82, 2.24) is 20.6 Å². The predicted octanol–water partition coefficient (Wildman–Crippen LogP) is 1.17. The third kappa shape index (κ3) is 4.93. The van der Waals surface area contributed by atoms with Crippen LogP contribution in [0, 0.1) is 6.92 Å². The first-order valence-corrected chi connectivity index (χ1v) is 3.01. The molecule has 0 atom stereocenters. The quantitative estimate of drug-likeness (QED) is 0.573. The lowest BCUT2D eigenvalue weighted by Crippen LogP contribution is -1.69. The zero-order valence-corrected chi connectivity index (χ0v) is 6.05. The second-order valence-corrected chi connectivity index (χ2v) is 1.67. The van der Waals surface area contributed by atoms with E-state index in [-0.39, 0.29) is 1.43 Å². The minimum atomic E-state index is 0. The van der Waals surface area contributed by atoms with Crippen LogP contribution in [0.5, 0.6) is 0 Å². The number of hydrogen-bond donors (Lipinski definition) is 1. The maximum Gasteiger partial charge on any atom is 0.171 e. The molecule has 54 valence electrons. The Hall–Kier alpha value is -0.930. The summed E-state index contributed by atoms with van der Waals surface area (Å²) in [5.41, 5.74) is 0. The third-order valence-electron chi connectivity index (χ3n) is 0.451. The zero-order chi connectivity index (χ0) is 7.11. The van der Waals surface area contributed by atoms with E-state index in [1.807, 2.05) is 0 Å². The van der Waals surface area contributed by atoms with E-state index in [4.69, 9.17) is 0 Å². The van der Waals surface area contributed by atoms with Crippen molar-refractivity contribution in [2.24, 2.45) is 0 Å². The Labute approximate surface area is 56.2 Å². The normalized spacial score (nSPS) is 7.89. The van der Waals surface area contributed by atoms with Gasteiger partial charge in [0.05, 0.1) is 0 Å². The Morgan fingerprint density at radius 3 is 2.22 bits per heavy atom. The van der Waals surface area contributed by atoms with E-state index in [2.05, 4.69) is 34.5 Å². The van der Waals surface area contributed by atoms with Gasteiger partial charge in [-0.05, 0) is 6.92 Å². The van der Waals surface area contributed by atoms with Crippen molar-refractivity contribution in [2.45, 2.75) is 27.2 Å². The summed E-state index contributed by atoms with van der Waals surface area (Å²) in [4.78, 5) is 0. The van der Waals surface area contributed by atoms with Gasteiger partial charge in [-0.25, -0.2) is 0 Å². The third-order valence-corrected chi connectivity index (χ3v) is 0.451. The molecule has 0 aliphatic rings. The molecule has 0 aromatic carbocycles. The van der Waals surface area contributed by atoms with E-state index in [0.29, 0.717) is 5.82 Å². The van der Waals surface area contributed by atoms with Crippen molar-refractivity contribution in [3.63, 3.8) is 0 Å². The van der Waals surface area contributed by atoms with E-state index in [1.54, 1.807) is 6.92 Å². The number of aromatic nitrogens is 4. The van der Waals surface area contributed by atoms with Crippen LogP contribution in [0.4, 0.5) is 0 Å². The molecule has 0 radical (unpaired) electrons. The maximum atomic E-state index is 3.57. The summed E-state index contributed by atoms with van der Waals surface area (Å²) < 4.78 is 0. The SMILES string of the molecule is CCC.Cc1nn[nH]n1.[HH]. The molecule has 9 heavy (non-hydrogen) atoms. The Balaban J connectivity index is 0. The monoisotopic (exact) mass is 130 g/mol. The summed E-state index contributed by atoms with van der Waals surface area (Å²) in [5.74, 6) is 0.676. The molecule has 0 saturated heterocycles. The van der Waals surface area contributed by atoms with Crippen molar-refractivity contribution in [3.8, 4) is 0 Å². The van der Waals surface area contributed by atoms with Gasteiger partial charge in [-0.15, -0.1) is 10.2 Å². The summed E-state index contributed by atoms with van der Waals surface area (Å²) >= 11 is 0. The highest BCUT2D eigenvalue weighted by molar-refractivity contribution is 4.63. The highest BCUT2D eigenvalue weighted by atomic mass is 15.5. The van der Waals surface area contributed by atoms with Crippen LogP contribution in [0.2, 0.25) is 0 Å². The molecule has 1 aromatic heterocycles. The number of aromatic amines is 1. The average molecular weight is 130 g/mol. The van der Waals surface area contributed by atoms with E-state index < -0.39 is 0 Å². The van der Waals surface area contributed by atoms with Crippen LogP contribution in [-0.4, -0.2) is 20.6 Å². The molecule has 1 heterocycles. The van der Waals surface area contributed by atoms with Crippen LogP contribution >= 0.6 is 0 Å². The van der Waals surface area contributed by atoms with Crippen LogP contribution in [0.15, 0.2) is 0 Å². The van der Waals surface area contributed by atoms with Crippen molar-refractivity contribution in [1.29, 1.82) is 0 Å². The zero-order valence-electron chi connectivity index (χ0n) is 6.05. The van der Waals surface area contributed by atoms with Crippen molar-refractivity contribution in [2.75, 3.05) is 0 Å². The first kappa shape index (κ1) is 8.07. The molecule has 4 heteroatoms. The fourth-order valence-corrected chi connectivity index (χ4v) is 0.212. The number of tetrazole rings is 1. The highest BCUT2D eigenvalue weighted by Gasteiger charge is 1.78.